The second-order valence-electron chi connectivity index (χ2n) is 8.14. The molecule has 2 aromatic carbocycles. The first-order valence-electron chi connectivity index (χ1n) is 10.6. The van der Waals surface area contributed by atoms with Crippen LogP contribution in [0, 0.1) is 0 Å². The minimum atomic E-state index is -0.147. The normalized spacial score (nSPS) is 11.4. The molecule has 172 valence electrons. The van der Waals surface area contributed by atoms with Gasteiger partial charge < -0.3 is 14.4 Å². The van der Waals surface area contributed by atoms with E-state index in [1.165, 1.54) is 16.9 Å². The number of hydrogen-bond donors (Lipinski definition) is 0. The minimum Gasteiger partial charge on any atom is -0.494 e. The van der Waals surface area contributed by atoms with Crippen molar-refractivity contribution < 1.29 is 14.3 Å². The summed E-state index contributed by atoms with van der Waals surface area (Å²) in [5, 5.41) is 1.18. The van der Waals surface area contributed by atoms with Gasteiger partial charge in [-0.1, -0.05) is 48.9 Å². The average molecular weight is 476 g/mol. The SMILES string of the molecule is COc1ccc(Cl)c2sc(N(CCCN(C)C)C(=O)COc3ccc(C(C)C)cc3)nc12. The number of aromatic nitrogens is 1. The highest BCUT2D eigenvalue weighted by atomic mass is 35.5. The summed E-state index contributed by atoms with van der Waals surface area (Å²) < 4.78 is 12.0. The van der Waals surface area contributed by atoms with Gasteiger partial charge in [-0.05, 0) is 62.8 Å². The Bertz CT molecular complexity index is 1050. The molecule has 1 aromatic heterocycles. The number of benzene rings is 2. The Labute approximate surface area is 198 Å². The predicted molar refractivity (Wildman–Crippen MR) is 133 cm³/mol. The van der Waals surface area contributed by atoms with Crippen LogP contribution in [0.1, 0.15) is 31.7 Å². The molecule has 0 bridgehead atoms. The van der Waals surface area contributed by atoms with E-state index in [0.29, 0.717) is 39.6 Å². The van der Waals surface area contributed by atoms with Gasteiger partial charge in [0.1, 0.15) is 17.0 Å². The zero-order valence-electron chi connectivity index (χ0n) is 19.2. The van der Waals surface area contributed by atoms with E-state index in [0.717, 1.165) is 17.7 Å². The summed E-state index contributed by atoms with van der Waals surface area (Å²) in [7, 11) is 5.62. The predicted octanol–water partition coefficient (Wildman–Crippen LogP) is 5.45. The fraction of sp³-hybridized carbons (Fsp3) is 0.417. The molecule has 0 unspecified atom stereocenters. The zero-order valence-corrected chi connectivity index (χ0v) is 20.8. The van der Waals surface area contributed by atoms with Gasteiger partial charge in [0.25, 0.3) is 5.91 Å². The van der Waals surface area contributed by atoms with E-state index in [2.05, 4.69) is 18.7 Å². The highest BCUT2D eigenvalue weighted by Gasteiger charge is 2.22. The van der Waals surface area contributed by atoms with Crippen LogP contribution in [0.15, 0.2) is 36.4 Å². The lowest BCUT2D eigenvalue weighted by atomic mass is 10.0. The first kappa shape index (κ1) is 24.3. The maximum absolute atomic E-state index is 13.2. The topological polar surface area (TPSA) is 54.9 Å². The number of ether oxygens (including phenoxy) is 2. The summed E-state index contributed by atoms with van der Waals surface area (Å²) >= 11 is 7.77. The van der Waals surface area contributed by atoms with Crippen molar-refractivity contribution in [3.05, 3.63) is 47.0 Å². The summed E-state index contributed by atoms with van der Waals surface area (Å²) in [6, 6.07) is 11.4. The molecule has 1 heterocycles. The second kappa shape index (κ2) is 11.0. The molecule has 0 radical (unpaired) electrons. The number of carbonyl (C=O) groups excluding carboxylic acids is 1. The highest BCUT2D eigenvalue weighted by Crippen LogP contribution is 2.38. The van der Waals surface area contributed by atoms with E-state index in [1.807, 2.05) is 38.4 Å². The van der Waals surface area contributed by atoms with Gasteiger partial charge >= 0.3 is 0 Å². The van der Waals surface area contributed by atoms with E-state index >= 15 is 0 Å². The number of nitrogens with zero attached hydrogens (tertiary/aromatic N) is 3. The molecule has 3 rings (SSSR count). The van der Waals surface area contributed by atoms with Crippen molar-refractivity contribution >= 4 is 44.2 Å². The van der Waals surface area contributed by atoms with E-state index < -0.39 is 0 Å². The molecule has 1 amide bonds. The van der Waals surface area contributed by atoms with Gasteiger partial charge in [-0.2, -0.15) is 0 Å². The molecule has 0 fully saturated rings. The third-order valence-electron chi connectivity index (χ3n) is 5.10. The van der Waals surface area contributed by atoms with E-state index in [1.54, 1.807) is 24.1 Å². The van der Waals surface area contributed by atoms with Gasteiger partial charge in [-0.3, -0.25) is 9.69 Å². The summed E-state index contributed by atoms with van der Waals surface area (Å²) in [6.45, 7) is 5.61. The smallest absolute Gasteiger partial charge is 0.266 e. The Morgan fingerprint density at radius 3 is 2.47 bits per heavy atom. The third-order valence-corrected chi connectivity index (χ3v) is 6.63. The largest absolute Gasteiger partial charge is 0.494 e. The van der Waals surface area contributed by atoms with Crippen LogP contribution in [0.5, 0.6) is 11.5 Å². The lowest BCUT2D eigenvalue weighted by Gasteiger charge is -2.21. The van der Waals surface area contributed by atoms with Crippen LogP contribution in [-0.4, -0.2) is 56.7 Å². The van der Waals surface area contributed by atoms with Crippen LogP contribution in [0.2, 0.25) is 5.02 Å². The van der Waals surface area contributed by atoms with Gasteiger partial charge in [-0.25, -0.2) is 4.98 Å². The Hall–Kier alpha value is -2.35. The standard InChI is InChI=1S/C24H30ClN3O3S/c1-16(2)17-7-9-18(10-8-17)31-15-21(29)28(14-6-13-27(3)4)24-26-22-20(30-5)12-11-19(25)23(22)32-24/h7-12,16H,6,13-15H2,1-5H3. The fourth-order valence-corrected chi connectivity index (χ4v) is 4.56. The van der Waals surface area contributed by atoms with Gasteiger partial charge in [0.15, 0.2) is 11.7 Å². The highest BCUT2D eigenvalue weighted by molar-refractivity contribution is 7.23. The summed E-state index contributed by atoms with van der Waals surface area (Å²) in [5.74, 6) is 1.60. The zero-order chi connectivity index (χ0) is 23.3. The van der Waals surface area contributed by atoms with Crippen LogP contribution in [-0.2, 0) is 4.79 Å². The van der Waals surface area contributed by atoms with Crippen molar-refractivity contribution in [2.24, 2.45) is 0 Å². The van der Waals surface area contributed by atoms with Gasteiger partial charge in [0.2, 0.25) is 0 Å². The van der Waals surface area contributed by atoms with Crippen LogP contribution in [0.25, 0.3) is 10.2 Å². The molecular weight excluding hydrogens is 446 g/mol. The quantitative estimate of drug-likeness (QED) is 0.390. The van der Waals surface area contributed by atoms with Crippen LogP contribution in [0.3, 0.4) is 0 Å². The Morgan fingerprint density at radius 1 is 1.12 bits per heavy atom. The number of fused-ring (bicyclic) bond motifs is 1. The number of rotatable bonds is 10. The second-order valence-corrected chi connectivity index (χ2v) is 9.52. The van der Waals surface area contributed by atoms with Crippen LogP contribution >= 0.6 is 22.9 Å². The van der Waals surface area contributed by atoms with Crippen LogP contribution in [0.4, 0.5) is 5.13 Å². The molecule has 6 nitrogen and oxygen atoms in total. The first-order chi connectivity index (χ1) is 15.3. The van der Waals surface area contributed by atoms with Crippen molar-refractivity contribution in [1.82, 2.24) is 9.88 Å². The van der Waals surface area contributed by atoms with E-state index in [9.17, 15) is 4.79 Å². The van der Waals surface area contributed by atoms with Gasteiger partial charge in [-0.15, -0.1) is 0 Å². The molecule has 0 aliphatic heterocycles. The first-order valence-corrected chi connectivity index (χ1v) is 11.8. The molecule has 0 spiro atoms. The minimum absolute atomic E-state index is 0.0657. The number of halogens is 1. The summed E-state index contributed by atoms with van der Waals surface area (Å²) in [4.78, 5) is 21.6. The molecule has 32 heavy (non-hydrogen) atoms. The maximum atomic E-state index is 13.2. The van der Waals surface area contributed by atoms with Crippen molar-refractivity contribution in [2.45, 2.75) is 26.2 Å². The summed E-state index contributed by atoms with van der Waals surface area (Å²) in [5.41, 5.74) is 1.89. The Balaban J connectivity index is 1.81. The molecule has 0 saturated carbocycles. The van der Waals surface area contributed by atoms with Crippen molar-refractivity contribution in [1.29, 1.82) is 0 Å². The number of methoxy groups -OCH3 is 1. The van der Waals surface area contributed by atoms with E-state index in [-0.39, 0.29) is 12.5 Å². The molecule has 3 aromatic rings. The number of hydrogen-bond acceptors (Lipinski definition) is 6. The van der Waals surface area contributed by atoms with Crippen molar-refractivity contribution in [2.75, 3.05) is 45.8 Å². The van der Waals surface area contributed by atoms with E-state index in [4.69, 9.17) is 26.1 Å². The molecule has 0 saturated heterocycles. The molecule has 8 heteroatoms. The number of thiazole rings is 1. The number of amides is 1. The fourth-order valence-electron chi connectivity index (χ4n) is 3.27. The molecule has 0 N–H and O–H groups in total. The lowest BCUT2D eigenvalue weighted by Crippen LogP contribution is -2.36. The Morgan fingerprint density at radius 2 is 1.84 bits per heavy atom. The monoisotopic (exact) mass is 475 g/mol. The molecular formula is C24H30ClN3O3S. The van der Waals surface area contributed by atoms with Crippen molar-refractivity contribution in [3.8, 4) is 11.5 Å². The average Bonchev–Trinajstić information content (AvgIpc) is 3.21. The molecule has 0 aliphatic carbocycles. The van der Waals surface area contributed by atoms with Crippen molar-refractivity contribution in [3.63, 3.8) is 0 Å². The van der Waals surface area contributed by atoms with Gasteiger partial charge in [0.05, 0.1) is 16.8 Å². The van der Waals surface area contributed by atoms with Crippen LogP contribution < -0.4 is 14.4 Å². The third kappa shape index (κ3) is 5.91. The number of carbonyl (C=O) groups is 1. The molecule has 0 atom stereocenters. The Kier molecular flexibility index (Phi) is 8.34. The number of anilines is 1. The van der Waals surface area contributed by atoms with Gasteiger partial charge in [0, 0.05) is 6.54 Å². The lowest BCUT2D eigenvalue weighted by molar-refractivity contribution is -0.120. The summed E-state index contributed by atoms with van der Waals surface area (Å²) in [6.07, 6.45) is 0.808. The molecule has 0 aliphatic rings. The maximum Gasteiger partial charge on any atom is 0.266 e.